The van der Waals surface area contributed by atoms with Crippen LogP contribution in [0.1, 0.15) is 17.2 Å². The van der Waals surface area contributed by atoms with E-state index >= 15 is 0 Å². The van der Waals surface area contributed by atoms with Gasteiger partial charge in [-0.05, 0) is 38.2 Å². The molecule has 1 aromatic heterocycles. The zero-order valence-electron chi connectivity index (χ0n) is 18.1. The largest absolute Gasteiger partial charge is 0.496 e. The highest BCUT2D eigenvalue weighted by Gasteiger charge is 2.18. The van der Waals surface area contributed by atoms with Gasteiger partial charge in [-0.2, -0.15) is 0 Å². The maximum absolute atomic E-state index is 5.55. The molecule has 30 heavy (non-hydrogen) atoms. The summed E-state index contributed by atoms with van der Waals surface area (Å²) >= 11 is 0. The van der Waals surface area contributed by atoms with Crippen LogP contribution in [-0.4, -0.2) is 57.2 Å². The average molecular weight is 521 g/mol. The number of rotatable bonds is 8. The number of ether oxygens (including phenoxy) is 1. The molecule has 3 aromatic rings. The van der Waals surface area contributed by atoms with Crippen LogP contribution in [0.15, 0.2) is 59.7 Å². The van der Waals surface area contributed by atoms with E-state index in [9.17, 15) is 0 Å². The summed E-state index contributed by atoms with van der Waals surface area (Å²) in [6.45, 7) is 1.53. The van der Waals surface area contributed by atoms with Crippen LogP contribution >= 0.6 is 24.0 Å². The van der Waals surface area contributed by atoms with E-state index < -0.39 is 0 Å². The van der Waals surface area contributed by atoms with Crippen LogP contribution in [0.2, 0.25) is 0 Å². The lowest BCUT2D eigenvalue weighted by Crippen LogP contribution is -2.42. The van der Waals surface area contributed by atoms with Gasteiger partial charge in [0.2, 0.25) is 0 Å². The molecule has 162 valence electrons. The van der Waals surface area contributed by atoms with Crippen molar-refractivity contribution in [1.82, 2.24) is 20.5 Å². The van der Waals surface area contributed by atoms with E-state index in [0.29, 0.717) is 0 Å². The van der Waals surface area contributed by atoms with Crippen LogP contribution < -0.4 is 15.4 Å². The summed E-state index contributed by atoms with van der Waals surface area (Å²) in [6.07, 6.45) is 3.01. The summed E-state index contributed by atoms with van der Waals surface area (Å²) in [5, 5.41) is 8.15. The Bertz CT molecular complexity index is 953. The molecule has 0 aliphatic rings. The quantitative estimate of drug-likeness (QED) is 0.240. The summed E-state index contributed by atoms with van der Waals surface area (Å²) in [4.78, 5) is 9.89. The van der Waals surface area contributed by atoms with Crippen molar-refractivity contribution >= 4 is 40.8 Å². The number of halogens is 1. The maximum atomic E-state index is 5.55. The third kappa shape index (κ3) is 5.89. The highest BCUT2D eigenvalue weighted by molar-refractivity contribution is 14.0. The monoisotopic (exact) mass is 521 g/mol. The Labute approximate surface area is 196 Å². The van der Waals surface area contributed by atoms with Crippen molar-refractivity contribution in [2.75, 3.05) is 41.3 Å². The Balaban J connectivity index is 0.00000320. The Kier molecular flexibility index (Phi) is 9.45. The van der Waals surface area contributed by atoms with Gasteiger partial charge in [0.15, 0.2) is 5.96 Å². The highest BCUT2D eigenvalue weighted by atomic mass is 127. The SMILES string of the molecule is CN=C(NCCc1c[nH]c2ccccc12)NCC(c1ccccc1OC)N(C)C.I. The van der Waals surface area contributed by atoms with Crippen LogP contribution in [0.25, 0.3) is 10.9 Å². The normalized spacial score (nSPS) is 12.5. The predicted molar refractivity (Wildman–Crippen MR) is 136 cm³/mol. The van der Waals surface area contributed by atoms with Gasteiger partial charge in [-0.3, -0.25) is 4.99 Å². The first kappa shape index (κ1) is 24.0. The van der Waals surface area contributed by atoms with E-state index in [4.69, 9.17) is 4.74 Å². The number of para-hydroxylation sites is 2. The molecule has 0 saturated heterocycles. The van der Waals surface area contributed by atoms with Crippen LogP contribution in [0.3, 0.4) is 0 Å². The van der Waals surface area contributed by atoms with E-state index in [1.54, 1.807) is 14.2 Å². The summed E-state index contributed by atoms with van der Waals surface area (Å²) in [6, 6.07) is 16.7. The third-order valence-corrected chi connectivity index (χ3v) is 5.17. The van der Waals surface area contributed by atoms with E-state index in [1.807, 2.05) is 18.2 Å². The molecule has 3 rings (SSSR count). The van der Waals surface area contributed by atoms with Crippen molar-refractivity contribution in [1.29, 1.82) is 0 Å². The van der Waals surface area contributed by atoms with Gasteiger partial charge in [-0.1, -0.05) is 36.4 Å². The van der Waals surface area contributed by atoms with Crippen LogP contribution in [0.4, 0.5) is 0 Å². The molecule has 1 heterocycles. The van der Waals surface area contributed by atoms with Crippen molar-refractivity contribution in [2.24, 2.45) is 4.99 Å². The molecule has 1 atom stereocenters. The molecule has 0 fully saturated rings. The summed E-state index contributed by atoms with van der Waals surface area (Å²) in [5.74, 6) is 1.70. The van der Waals surface area contributed by atoms with Gasteiger partial charge in [-0.15, -0.1) is 24.0 Å². The Morgan fingerprint density at radius 1 is 1.10 bits per heavy atom. The van der Waals surface area contributed by atoms with Crippen molar-refractivity contribution < 1.29 is 4.74 Å². The molecule has 1 unspecified atom stereocenters. The van der Waals surface area contributed by atoms with Gasteiger partial charge in [0.05, 0.1) is 13.2 Å². The molecule has 0 amide bonds. The number of methoxy groups -OCH3 is 1. The lowest BCUT2D eigenvalue weighted by molar-refractivity contribution is 0.288. The van der Waals surface area contributed by atoms with E-state index in [-0.39, 0.29) is 30.0 Å². The fourth-order valence-electron chi connectivity index (χ4n) is 3.58. The molecule has 0 aliphatic heterocycles. The first-order valence-corrected chi connectivity index (χ1v) is 9.93. The maximum Gasteiger partial charge on any atom is 0.191 e. The minimum atomic E-state index is 0. The fourth-order valence-corrected chi connectivity index (χ4v) is 3.58. The van der Waals surface area contributed by atoms with E-state index in [1.165, 1.54) is 16.5 Å². The first-order chi connectivity index (χ1) is 14.1. The zero-order valence-corrected chi connectivity index (χ0v) is 20.4. The van der Waals surface area contributed by atoms with Crippen molar-refractivity contribution in [3.05, 3.63) is 65.9 Å². The highest BCUT2D eigenvalue weighted by Crippen LogP contribution is 2.27. The van der Waals surface area contributed by atoms with Crippen molar-refractivity contribution in [2.45, 2.75) is 12.5 Å². The number of aliphatic imine (C=N–C) groups is 1. The average Bonchev–Trinajstić information content (AvgIpc) is 3.16. The van der Waals surface area contributed by atoms with Gasteiger partial charge in [0, 0.05) is 42.8 Å². The predicted octanol–water partition coefficient (Wildman–Crippen LogP) is 3.80. The first-order valence-electron chi connectivity index (χ1n) is 9.93. The van der Waals surface area contributed by atoms with Gasteiger partial charge in [0.1, 0.15) is 5.75 Å². The molecule has 7 heteroatoms. The number of aromatic amines is 1. The van der Waals surface area contributed by atoms with E-state index in [0.717, 1.165) is 36.8 Å². The lowest BCUT2D eigenvalue weighted by Gasteiger charge is -2.27. The van der Waals surface area contributed by atoms with Gasteiger partial charge in [-0.25, -0.2) is 0 Å². The van der Waals surface area contributed by atoms with Crippen LogP contribution in [-0.2, 0) is 6.42 Å². The number of nitrogens with one attached hydrogen (secondary N) is 3. The van der Waals surface area contributed by atoms with Crippen molar-refractivity contribution in [3.8, 4) is 5.75 Å². The number of fused-ring (bicyclic) bond motifs is 1. The minimum Gasteiger partial charge on any atom is -0.496 e. The van der Waals surface area contributed by atoms with Crippen LogP contribution in [0.5, 0.6) is 5.75 Å². The molecule has 0 aliphatic carbocycles. The van der Waals surface area contributed by atoms with Crippen LogP contribution in [0, 0.1) is 0 Å². The standard InChI is InChI=1S/C23H31N5O.HI/c1-24-23(25-14-13-17-15-26-20-11-7-5-9-18(17)20)27-16-21(28(2)3)19-10-6-8-12-22(19)29-4;/h5-12,15,21,26H,13-14,16H2,1-4H3,(H2,24,25,27);1H. The zero-order chi connectivity index (χ0) is 20.6. The topological polar surface area (TPSA) is 64.7 Å². The molecular formula is C23H32IN5O. The molecule has 0 saturated carbocycles. The molecule has 6 nitrogen and oxygen atoms in total. The number of H-pyrrole nitrogens is 1. The molecule has 2 aromatic carbocycles. The molecular weight excluding hydrogens is 489 g/mol. The minimum absolute atomic E-state index is 0. The summed E-state index contributed by atoms with van der Waals surface area (Å²) in [7, 11) is 7.66. The van der Waals surface area contributed by atoms with Gasteiger partial charge >= 0.3 is 0 Å². The number of hydrogen-bond donors (Lipinski definition) is 3. The summed E-state index contributed by atoms with van der Waals surface area (Å²) < 4.78 is 5.55. The van der Waals surface area contributed by atoms with E-state index in [2.05, 4.69) is 76.1 Å². The smallest absolute Gasteiger partial charge is 0.191 e. The Hall–Kier alpha value is -2.26. The Morgan fingerprint density at radius 2 is 1.83 bits per heavy atom. The number of hydrogen-bond acceptors (Lipinski definition) is 3. The van der Waals surface area contributed by atoms with Gasteiger partial charge < -0.3 is 25.3 Å². The third-order valence-electron chi connectivity index (χ3n) is 5.17. The fraction of sp³-hybridized carbons (Fsp3) is 0.348. The van der Waals surface area contributed by atoms with Crippen molar-refractivity contribution in [3.63, 3.8) is 0 Å². The summed E-state index contributed by atoms with van der Waals surface area (Å²) in [5.41, 5.74) is 3.64. The molecule has 0 bridgehead atoms. The Morgan fingerprint density at radius 3 is 2.57 bits per heavy atom. The molecule has 0 radical (unpaired) electrons. The second kappa shape index (κ2) is 11.8. The number of likely N-dealkylation sites (N-methyl/N-ethyl adjacent to an activating group) is 1. The number of benzene rings is 2. The van der Waals surface area contributed by atoms with Gasteiger partial charge in [0.25, 0.3) is 0 Å². The lowest BCUT2D eigenvalue weighted by atomic mass is 10.0. The number of nitrogens with zero attached hydrogens (tertiary/aromatic N) is 2. The second-order valence-corrected chi connectivity index (χ2v) is 7.21. The second-order valence-electron chi connectivity index (χ2n) is 7.21. The number of aromatic nitrogens is 1. The molecule has 3 N–H and O–H groups in total. The molecule has 0 spiro atoms. The number of guanidine groups is 1.